The van der Waals surface area contributed by atoms with Crippen molar-refractivity contribution >= 4 is 47.6 Å². The van der Waals surface area contributed by atoms with Crippen LogP contribution in [0, 0.1) is 12.8 Å². The number of halogens is 2. The highest BCUT2D eigenvalue weighted by Gasteiger charge is 2.29. The summed E-state index contributed by atoms with van der Waals surface area (Å²) in [5.41, 5.74) is 0.856. The van der Waals surface area contributed by atoms with Crippen molar-refractivity contribution in [1.82, 2.24) is 30.0 Å². The molecule has 1 amide bonds. The van der Waals surface area contributed by atoms with E-state index >= 15 is 0 Å². The van der Waals surface area contributed by atoms with Crippen molar-refractivity contribution < 1.29 is 4.79 Å². The Labute approximate surface area is 171 Å². The molecule has 4 heterocycles. The number of piperidine rings is 1. The molecule has 2 fully saturated rings. The summed E-state index contributed by atoms with van der Waals surface area (Å²) in [4.78, 5) is 26.1. The third-order valence-electron chi connectivity index (χ3n) is 5.22. The lowest BCUT2D eigenvalue weighted by Gasteiger charge is -2.37. The molecular weight excluding hydrogens is 389 g/mol. The molecule has 0 aliphatic carbocycles. The summed E-state index contributed by atoms with van der Waals surface area (Å²) in [6.45, 7) is 6.86. The van der Waals surface area contributed by atoms with Crippen LogP contribution in [-0.4, -0.2) is 69.8 Å². The van der Waals surface area contributed by atoms with E-state index in [4.69, 9.17) is 0 Å². The SMILES string of the molecule is Cc1nc(N2CCN(C(=O)C3CCCNC3)CC2)c2cnn(C)c2n1.Cl.Cl. The predicted molar refractivity (Wildman–Crippen MR) is 110 cm³/mol. The molecule has 0 aromatic carbocycles. The highest BCUT2D eigenvalue weighted by molar-refractivity contribution is 5.87. The first-order valence-corrected chi connectivity index (χ1v) is 9.04. The minimum absolute atomic E-state index is 0. The van der Waals surface area contributed by atoms with Gasteiger partial charge in [-0.2, -0.15) is 5.10 Å². The molecule has 0 radical (unpaired) electrons. The Kier molecular flexibility index (Phi) is 7.25. The summed E-state index contributed by atoms with van der Waals surface area (Å²) >= 11 is 0. The molecule has 27 heavy (non-hydrogen) atoms. The van der Waals surface area contributed by atoms with Gasteiger partial charge in [0.25, 0.3) is 0 Å². The zero-order valence-electron chi connectivity index (χ0n) is 15.7. The summed E-state index contributed by atoms with van der Waals surface area (Å²) in [6.07, 6.45) is 3.93. The van der Waals surface area contributed by atoms with Gasteiger partial charge in [-0.3, -0.25) is 9.48 Å². The maximum Gasteiger partial charge on any atom is 0.227 e. The highest BCUT2D eigenvalue weighted by atomic mass is 35.5. The molecule has 1 unspecified atom stereocenters. The number of carbonyl (C=O) groups excluding carboxylic acids is 1. The number of carbonyl (C=O) groups is 1. The maximum atomic E-state index is 12.7. The fourth-order valence-electron chi connectivity index (χ4n) is 3.81. The molecule has 0 bridgehead atoms. The number of nitrogens with zero attached hydrogens (tertiary/aromatic N) is 6. The average Bonchev–Trinajstić information content (AvgIpc) is 3.02. The summed E-state index contributed by atoms with van der Waals surface area (Å²) in [5, 5.41) is 8.62. The fourth-order valence-corrected chi connectivity index (χ4v) is 3.81. The van der Waals surface area contributed by atoms with Crippen molar-refractivity contribution in [1.29, 1.82) is 0 Å². The van der Waals surface area contributed by atoms with Gasteiger partial charge in [-0.05, 0) is 26.3 Å². The lowest BCUT2D eigenvalue weighted by atomic mass is 9.98. The topological polar surface area (TPSA) is 79.2 Å². The van der Waals surface area contributed by atoms with Gasteiger partial charge in [-0.1, -0.05) is 0 Å². The van der Waals surface area contributed by atoms with Crippen LogP contribution in [0.5, 0.6) is 0 Å². The summed E-state index contributed by atoms with van der Waals surface area (Å²) in [6, 6.07) is 0. The number of amides is 1. The van der Waals surface area contributed by atoms with Crippen LogP contribution in [0.2, 0.25) is 0 Å². The van der Waals surface area contributed by atoms with E-state index in [1.165, 1.54) is 0 Å². The predicted octanol–water partition coefficient (Wildman–Crippen LogP) is 1.16. The average molecular weight is 416 g/mol. The van der Waals surface area contributed by atoms with E-state index in [1.54, 1.807) is 4.68 Å². The van der Waals surface area contributed by atoms with E-state index in [1.807, 2.05) is 25.1 Å². The van der Waals surface area contributed by atoms with E-state index in [-0.39, 0.29) is 30.7 Å². The van der Waals surface area contributed by atoms with Gasteiger partial charge >= 0.3 is 0 Å². The number of hydrogen-bond acceptors (Lipinski definition) is 6. The van der Waals surface area contributed by atoms with Crippen LogP contribution in [0.1, 0.15) is 18.7 Å². The van der Waals surface area contributed by atoms with Crippen molar-refractivity contribution in [3.63, 3.8) is 0 Å². The van der Waals surface area contributed by atoms with Gasteiger partial charge in [-0.25, -0.2) is 9.97 Å². The van der Waals surface area contributed by atoms with E-state index in [0.717, 1.165) is 74.8 Å². The van der Waals surface area contributed by atoms with Gasteiger partial charge in [0.1, 0.15) is 11.6 Å². The second-order valence-corrected chi connectivity index (χ2v) is 6.96. The zero-order chi connectivity index (χ0) is 17.4. The Morgan fingerprint density at radius 1 is 1.19 bits per heavy atom. The first kappa shape index (κ1) is 21.7. The van der Waals surface area contributed by atoms with Crippen LogP contribution < -0.4 is 10.2 Å². The normalized spacial score (nSPS) is 20.1. The quantitative estimate of drug-likeness (QED) is 0.792. The highest BCUT2D eigenvalue weighted by Crippen LogP contribution is 2.25. The maximum absolute atomic E-state index is 12.7. The minimum Gasteiger partial charge on any atom is -0.352 e. The second-order valence-electron chi connectivity index (χ2n) is 6.96. The first-order chi connectivity index (χ1) is 12.1. The zero-order valence-corrected chi connectivity index (χ0v) is 17.4. The molecule has 2 aliphatic rings. The number of rotatable bonds is 2. The van der Waals surface area contributed by atoms with E-state index < -0.39 is 0 Å². The Morgan fingerprint density at radius 2 is 1.93 bits per heavy atom. The number of aryl methyl sites for hydroxylation is 2. The van der Waals surface area contributed by atoms with Crippen LogP contribution in [0.15, 0.2) is 6.20 Å². The smallest absolute Gasteiger partial charge is 0.227 e. The first-order valence-electron chi connectivity index (χ1n) is 9.04. The molecular formula is C17H27Cl2N7O. The van der Waals surface area contributed by atoms with Gasteiger partial charge in [0.15, 0.2) is 5.65 Å². The summed E-state index contributed by atoms with van der Waals surface area (Å²) in [7, 11) is 1.90. The van der Waals surface area contributed by atoms with E-state index in [0.29, 0.717) is 5.91 Å². The number of fused-ring (bicyclic) bond motifs is 1. The van der Waals surface area contributed by atoms with Crippen LogP contribution in [0.25, 0.3) is 11.0 Å². The molecule has 2 aliphatic heterocycles. The fraction of sp³-hybridized carbons (Fsp3) is 0.647. The number of aromatic nitrogens is 4. The minimum atomic E-state index is 0. The molecule has 4 rings (SSSR count). The van der Waals surface area contributed by atoms with E-state index in [9.17, 15) is 4.79 Å². The molecule has 2 aromatic heterocycles. The number of nitrogens with one attached hydrogen (secondary N) is 1. The molecule has 1 atom stereocenters. The third-order valence-corrected chi connectivity index (χ3v) is 5.22. The molecule has 8 nitrogen and oxygen atoms in total. The lowest BCUT2D eigenvalue weighted by molar-refractivity contribution is -0.136. The number of anilines is 1. The van der Waals surface area contributed by atoms with Crippen LogP contribution >= 0.6 is 24.8 Å². The van der Waals surface area contributed by atoms with Crippen molar-refractivity contribution in [2.24, 2.45) is 13.0 Å². The van der Waals surface area contributed by atoms with Crippen LogP contribution in [0.4, 0.5) is 5.82 Å². The van der Waals surface area contributed by atoms with Gasteiger partial charge in [0.2, 0.25) is 5.91 Å². The van der Waals surface area contributed by atoms with Crippen molar-refractivity contribution in [2.45, 2.75) is 19.8 Å². The Bertz CT molecular complexity index is 783. The van der Waals surface area contributed by atoms with Crippen molar-refractivity contribution in [3.05, 3.63) is 12.0 Å². The molecule has 1 N–H and O–H groups in total. The van der Waals surface area contributed by atoms with Crippen molar-refractivity contribution in [2.75, 3.05) is 44.2 Å². The molecule has 0 saturated carbocycles. The van der Waals surface area contributed by atoms with Crippen LogP contribution in [-0.2, 0) is 11.8 Å². The van der Waals surface area contributed by atoms with E-state index in [2.05, 4.69) is 25.3 Å². The summed E-state index contributed by atoms with van der Waals surface area (Å²) < 4.78 is 1.78. The van der Waals surface area contributed by atoms with Gasteiger partial charge in [0.05, 0.1) is 17.5 Å². The van der Waals surface area contributed by atoms with Crippen LogP contribution in [0.3, 0.4) is 0 Å². The second kappa shape index (κ2) is 9.03. The van der Waals surface area contributed by atoms with Gasteiger partial charge < -0.3 is 15.1 Å². The van der Waals surface area contributed by atoms with Gasteiger partial charge in [-0.15, -0.1) is 24.8 Å². The Balaban J connectivity index is 0.00000131. The number of piperazine rings is 1. The molecule has 150 valence electrons. The third kappa shape index (κ3) is 4.28. The molecule has 2 aromatic rings. The van der Waals surface area contributed by atoms with Crippen molar-refractivity contribution in [3.8, 4) is 0 Å². The lowest BCUT2D eigenvalue weighted by Crippen LogP contribution is -2.52. The standard InChI is InChI=1S/C17H25N7O.2ClH/c1-12-20-15-14(11-19-22(15)2)16(21-12)23-6-8-24(9-7-23)17(25)13-4-3-5-18-10-13;;/h11,13,18H,3-10H2,1-2H3;2*1H. The Hall–Kier alpha value is -1.64. The van der Waals surface area contributed by atoms with Gasteiger partial charge in [0, 0.05) is 39.8 Å². The summed E-state index contributed by atoms with van der Waals surface area (Å²) in [5.74, 6) is 2.13. The molecule has 0 spiro atoms. The molecule has 2 saturated heterocycles. The number of hydrogen-bond donors (Lipinski definition) is 1. The molecule has 10 heteroatoms. The largest absolute Gasteiger partial charge is 0.352 e. The monoisotopic (exact) mass is 415 g/mol. The Morgan fingerprint density at radius 3 is 2.59 bits per heavy atom.